The lowest BCUT2D eigenvalue weighted by Crippen LogP contribution is -2.56. The second-order valence-corrected chi connectivity index (χ2v) is 21.1. The predicted octanol–water partition coefficient (Wildman–Crippen LogP) is 6.65. The van der Waals surface area contributed by atoms with Crippen LogP contribution in [0.15, 0.2) is 80.0 Å². The maximum Gasteiger partial charge on any atom is 0.0700 e. The number of ether oxygens (including phenoxy) is 2. The van der Waals surface area contributed by atoms with Crippen LogP contribution in [0.1, 0.15) is 25.7 Å². The molecular weight excluding hydrogens is 599 g/mol. The van der Waals surface area contributed by atoms with Crippen molar-refractivity contribution in [1.29, 1.82) is 0 Å². The summed E-state index contributed by atoms with van der Waals surface area (Å²) < 4.78 is 11.5. The highest BCUT2D eigenvalue weighted by Crippen LogP contribution is 2.90. The van der Waals surface area contributed by atoms with Crippen LogP contribution in [0.3, 0.4) is 0 Å². The molecule has 0 amide bonds. The number of rotatable bonds is 6. The van der Waals surface area contributed by atoms with Crippen molar-refractivity contribution in [2.24, 2.45) is 124 Å². The molecule has 21 unspecified atom stereocenters. The first-order valence-corrected chi connectivity index (χ1v) is 21.1. The molecule has 9 fully saturated rings. The monoisotopic (exact) mass is 645 g/mol. The van der Waals surface area contributed by atoms with E-state index in [9.17, 15) is 0 Å². The van der Waals surface area contributed by atoms with Gasteiger partial charge < -0.3 is 9.47 Å². The topological polar surface area (TPSA) is 21.7 Å². The molecule has 0 bridgehead atoms. The Balaban J connectivity index is 0.963. The summed E-state index contributed by atoms with van der Waals surface area (Å²) in [5.41, 5.74) is 20.5. The summed E-state index contributed by atoms with van der Waals surface area (Å²) >= 11 is 0. The lowest BCUT2D eigenvalue weighted by Gasteiger charge is -2.59. The van der Waals surface area contributed by atoms with Crippen molar-refractivity contribution in [3.8, 4) is 0 Å². The van der Waals surface area contributed by atoms with Crippen LogP contribution in [0.2, 0.25) is 0 Å². The maximum absolute atomic E-state index is 6.14. The van der Waals surface area contributed by atoms with Crippen LogP contribution in [0.5, 0.6) is 0 Å². The molecule has 0 aromatic carbocycles. The molecule has 49 heavy (non-hydrogen) atoms. The number of fused-ring (bicyclic) bond motifs is 1. The van der Waals surface area contributed by atoms with Gasteiger partial charge in [-0.2, -0.15) is 0 Å². The smallest absolute Gasteiger partial charge is 0.0700 e. The highest BCUT2D eigenvalue weighted by atomic mass is 16.5. The molecule has 0 aromatic rings. The Bertz CT molecular complexity index is 2070. The molecule has 0 N–H and O–H groups in total. The van der Waals surface area contributed by atoms with Crippen LogP contribution in [-0.4, -0.2) is 51.5 Å². The van der Waals surface area contributed by atoms with Gasteiger partial charge in [-0.15, -0.1) is 0 Å². The molecule has 1 spiro atoms. The summed E-state index contributed by atoms with van der Waals surface area (Å²) in [4.78, 5) is 2.91. The van der Waals surface area contributed by atoms with Crippen molar-refractivity contribution in [1.82, 2.24) is 4.90 Å². The fourth-order valence-corrected chi connectivity index (χ4v) is 21.6. The predicted molar refractivity (Wildman–Crippen MR) is 183 cm³/mol. The van der Waals surface area contributed by atoms with Crippen LogP contribution in [0, 0.1) is 124 Å². The zero-order valence-electron chi connectivity index (χ0n) is 28.7. The first-order valence-electron chi connectivity index (χ1n) is 21.1. The van der Waals surface area contributed by atoms with Crippen molar-refractivity contribution >= 4 is 0 Å². The number of methoxy groups -OCH3 is 1. The van der Waals surface area contributed by atoms with E-state index in [0.29, 0.717) is 12.0 Å². The van der Waals surface area contributed by atoms with E-state index in [4.69, 9.17) is 9.47 Å². The summed E-state index contributed by atoms with van der Waals surface area (Å²) in [6.07, 6.45) is 17.3. The fraction of sp³-hybridized carbons (Fsp3) is 0.696. The Labute approximate surface area is 289 Å². The van der Waals surface area contributed by atoms with Gasteiger partial charge in [0.15, 0.2) is 0 Å². The Hall–Kier alpha value is -1.94. The van der Waals surface area contributed by atoms with Gasteiger partial charge in [-0.1, -0.05) is 52.2 Å². The number of likely N-dealkylation sites (tertiary alicyclic amines) is 1. The van der Waals surface area contributed by atoms with Crippen LogP contribution in [0.25, 0.3) is 0 Å². The van der Waals surface area contributed by atoms with Gasteiger partial charge >= 0.3 is 0 Å². The molecule has 21 atom stereocenters. The molecule has 1 heterocycles. The molecule has 0 aromatic heterocycles. The van der Waals surface area contributed by atoms with E-state index in [1.54, 1.807) is 7.11 Å². The van der Waals surface area contributed by atoms with Crippen molar-refractivity contribution < 1.29 is 9.47 Å². The first kappa shape index (κ1) is 25.1. The van der Waals surface area contributed by atoms with Gasteiger partial charge in [0.1, 0.15) is 0 Å². The van der Waals surface area contributed by atoms with Crippen molar-refractivity contribution in [3.63, 3.8) is 0 Å². The zero-order valence-corrected chi connectivity index (χ0v) is 28.7. The van der Waals surface area contributed by atoms with Gasteiger partial charge in [0.2, 0.25) is 0 Å². The third-order valence-corrected chi connectivity index (χ3v) is 21.0. The molecule has 17 aliphatic rings. The highest BCUT2D eigenvalue weighted by molar-refractivity contribution is 5.69. The van der Waals surface area contributed by atoms with Crippen LogP contribution < -0.4 is 0 Å². The lowest BCUT2D eigenvalue weighted by molar-refractivity contribution is -0.0902. The van der Waals surface area contributed by atoms with Gasteiger partial charge in [-0.3, -0.25) is 4.90 Å². The van der Waals surface area contributed by atoms with Gasteiger partial charge in [0.05, 0.1) is 19.8 Å². The molecule has 1 saturated heterocycles. The maximum atomic E-state index is 6.14. The number of hydrogen-bond donors (Lipinski definition) is 0. The quantitative estimate of drug-likeness (QED) is 0.239. The van der Waals surface area contributed by atoms with E-state index < -0.39 is 0 Å². The molecule has 3 heteroatoms. The van der Waals surface area contributed by atoms with E-state index in [2.05, 4.69) is 51.5 Å². The second kappa shape index (κ2) is 7.32. The normalized spacial score (nSPS) is 62.2. The van der Waals surface area contributed by atoms with E-state index in [1.165, 1.54) is 38.8 Å². The molecule has 17 rings (SSSR count). The number of nitrogens with zero attached hydrogens (tertiary/aromatic N) is 1. The molecule has 16 aliphatic carbocycles. The average Bonchev–Trinajstić information content (AvgIpc) is 3.94. The van der Waals surface area contributed by atoms with Crippen LogP contribution in [-0.2, 0) is 9.47 Å². The van der Waals surface area contributed by atoms with Gasteiger partial charge in [0.25, 0.3) is 0 Å². The minimum absolute atomic E-state index is 0.399. The zero-order chi connectivity index (χ0) is 30.7. The van der Waals surface area contributed by atoms with E-state index in [1.807, 2.05) is 33.4 Å². The minimum atomic E-state index is 0.399. The van der Waals surface area contributed by atoms with Gasteiger partial charge in [0, 0.05) is 44.0 Å². The standard InChI is InChI=1S/C46H47NO2/c1-48-4-5-49-3-2-47-14-24-23-12-21-10-18-8-19-7-16-6-17-9-20-11-22-13-46(24,15-47)45-31(22)36-30(20)35-26(17)25(16)33-29(19)34-27(18)28(21)37-32(23)44(45)43-41(36)39(35)38(33)40(34)42(37)43/h6-7,9,11,18,22,24-27,29-31,33-43H,2-5,8,10,12-15H2,1H3. The Kier molecular flexibility index (Phi) is 3.75. The van der Waals surface area contributed by atoms with Crippen LogP contribution in [0.4, 0.5) is 0 Å². The summed E-state index contributed by atoms with van der Waals surface area (Å²) in [6, 6.07) is 0. The number of allylic oxidation sites excluding steroid dienone is 12. The van der Waals surface area contributed by atoms with E-state index in [0.717, 1.165) is 138 Å². The van der Waals surface area contributed by atoms with Crippen LogP contribution >= 0.6 is 0 Å². The van der Waals surface area contributed by atoms with E-state index >= 15 is 0 Å². The molecule has 3 nitrogen and oxygen atoms in total. The van der Waals surface area contributed by atoms with Gasteiger partial charge in [-0.25, -0.2) is 0 Å². The summed E-state index contributed by atoms with van der Waals surface area (Å²) in [5, 5.41) is 0. The minimum Gasteiger partial charge on any atom is -0.382 e. The highest BCUT2D eigenvalue weighted by Gasteiger charge is 2.84. The molecule has 0 radical (unpaired) electrons. The fourth-order valence-electron chi connectivity index (χ4n) is 21.6. The molecule has 1 aliphatic heterocycles. The Morgan fingerprint density at radius 1 is 0.735 bits per heavy atom. The first-order chi connectivity index (χ1) is 24.2. The van der Waals surface area contributed by atoms with Crippen molar-refractivity contribution in [2.45, 2.75) is 25.7 Å². The van der Waals surface area contributed by atoms with Gasteiger partial charge in [-0.05, 0) is 160 Å². The SMILES string of the molecule is COCCOCCN1CC2C3=C4C5=C6C7C(C=C8C=C9C=C%10C=C%11CC%12CC(=C%13C4C4C5C5C7C8C7C9C%10C8C%11C(C%13%12)C4C8C75)C3)CC62C1. The average molecular weight is 646 g/mol. The lowest BCUT2D eigenvalue weighted by atomic mass is 9.44. The molecule has 8 saturated carbocycles. The third-order valence-electron chi connectivity index (χ3n) is 21.0. The van der Waals surface area contributed by atoms with Crippen molar-refractivity contribution in [2.75, 3.05) is 46.6 Å². The third kappa shape index (κ3) is 2.17. The summed E-state index contributed by atoms with van der Waals surface area (Å²) in [7, 11) is 1.79. The Morgan fingerprint density at radius 3 is 2.49 bits per heavy atom. The second-order valence-electron chi connectivity index (χ2n) is 21.1. The van der Waals surface area contributed by atoms with E-state index in [-0.39, 0.29) is 0 Å². The van der Waals surface area contributed by atoms with Crippen molar-refractivity contribution in [3.05, 3.63) is 80.0 Å². The molecular formula is C46H47NO2. The number of hydrogen-bond acceptors (Lipinski definition) is 3. The molecule has 248 valence electrons. The Morgan fingerprint density at radius 2 is 1.55 bits per heavy atom. The summed E-state index contributed by atoms with van der Waals surface area (Å²) in [5.74, 6) is 18.6. The summed E-state index contributed by atoms with van der Waals surface area (Å²) in [6.45, 7) is 6.01. The largest absolute Gasteiger partial charge is 0.382 e.